The average Bonchev–Trinajstić information content (AvgIpc) is 2.86. The first kappa shape index (κ1) is 20.3. The van der Waals surface area contributed by atoms with E-state index in [1.165, 1.54) is 11.8 Å². The van der Waals surface area contributed by atoms with Gasteiger partial charge in [0.15, 0.2) is 0 Å². The summed E-state index contributed by atoms with van der Waals surface area (Å²) in [6.07, 6.45) is 2.63. The Morgan fingerprint density at radius 2 is 1.92 bits per heavy atom. The molecule has 0 saturated carbocycles. The van der Waals surface area contributed by atoms with E-state index in [1.807, 2.05) is 35.2 Å². The summed E-state index contributed by atoms with van der Waals surface area (Å²) < 4.78 is 0. The van der Waals surface area contributed by atoms with Crippen molar-refractivity contribution in [3.05, 3.63) is 30.3 Å². The zero-order valence-electron chi connectivity index (χ0n) is 15.1. The van der Waals surface area contributed by atoms with Crippen molar-refractivity contribution in [1.29, 1.82) is 0 Å². The Morgan fingerprint density at radius 1 is 1.19 bits per heavy atom. The lowest BCUT2D eigenvalue weighted by Gasteiger charge is -2.28. The molecule has 1 unspecified atom stereocenters. The summed E-state index contributed by atoms with van der Waals surface area (Å²) >= 11 is 1.67. The van der Waals surface area contributed by atoms with Gasteiger partial charge in [-0.15, -0.1) is 11.8 Å². The van der Waals surface area contributed by atoms with Crippen LogP contribution in [0, 0.1) is 0 Å². The number of benzene rings is 1. The van der Waals surface area contributed by atoms with E-state index in [-0.39, 0.29) is 24.4 Å². The quantitative estimate of drug-likeness (QED) is 0.738. The standard InChI is InChI=1S/C19H26N2O4S/c1-15(22)21(14-19(24)25)16-6-5-11-20(12-9-16)18(23)10-13-26-17-7-3-2-4-8-17/h2-4,7-8,16H,5-6,9-14H2,1H3,(H,24,25). The van der Waals surface area contributed by atoms with Crippen molar-refractivity contribution >= 4 is 29.5 Å². The van der Waals surface area contributed by atoms with Gasteiger partial charge in [0.2, 0.25) is 11.8 Å². The van der Waals surface area contributed by atoms with Gasteiger partial charge in [0.25, 0.3) is 0 Å². The third-order valence-corrected chi connectivity index (χ3v) is 5.54. The van der Waals surface area contributed by atoms with Gasteiger partial charge in [-0.2, -0.15) is 0 Å². The Bertz CT molecular complexity index is 623. The minimum atomic E-state index is -1.00. The number of thioether (sulfide) groups is 1. The second-order valence-electron chi connectivity index (χ2n) is 6.42. The van der Waals surface area contributed by atoms with E-state index in [0.717, 1.165) is 23.5 Å². The van der Waals surface area contributed by atoms with Crippen LogP contribution in [0.1, 0.15) is 32.6 Å². The molecule has 0 aromatic heterocycles. The summed E-state index contributed by atoms with van der Waals surface area (Å²) in [7, 11) is 0. The summed E-state index contributed by atoms with van der Waals surface area (Å²) in [6.45, 7) is 2.37. The molecule has 1 N–H and O–H groups in total. The Balaban J connectivity index is 1.82. The molecule has 1 heterocycles. The molecule has 1 fully saturated rings. The normalized spacial score (nSPS) is 17.4. The lowest BCUT2D eigenvalue weighted by molar-refractivity contribution is -0.145. The maximum Gasteiger partial charge on any atom is 0.323 e. The van der Waals surface area contributed by atoms with Crippen molar-refractivity contribution in [2.75, 3.05) is 25.4 Å². The van der Waals surface area contributed by atoms with Gasteiger partial charge in [0.05, 0.1) is 0 Å². The van der Waals surface area contributed by atoms with Crippen LogP contribution < -0.4 is 0 Å². The molecule has 2 rings (SSSR count). The summed E-state index contributed by atoms with van der Waals surface area (Å²) in [4.78, 5) is 39.6. The first-order valence-electron chi connectivity index (χ1n) is 8.92. The third-order valence-electron chi connectivity index (χ3n) is 4.53. The van der Waals surface area contributed by atoms with Crippen LogP contribution in [0.15, 0.2) is 35.2 Å². The topological polar surface area (TPSA) is 77.9 Å². The summed E-state index contributed by atoms with van der Waals surface area (Å²) in [6, 6.07) is 9.89. The van der Waals surface area contributed by atoms with Crippen molar-refractivity contribution in [3.63, 3.8) is 0 Å². The van der Waals surface area contributed by atoms with Gasteiger partial charge in [-0.3, -0.25) is 14.4 Å². The molecule has 1 aliphatic rings. The summed E-state index contributed by atoms with van der Waals surface area (Å²) in [5, 5.41) is 9.00. The molecular weight excluding hydrogens is 352 g/mol. The van der Waals surface area contributed by atoms with Gasteiger partial charge in [0, 0.05) is 43.1 Å². The molecule has 2 amide bonds. The van der Waals surface area contributed by atoms with Gasteiger partial charge in [-0.05, 0) is 31.4 Å². The number of carbonyl (C=O) groups excluding carboxylic acids is 2. The lowest BCUT2D eigenvalue weighted by atomic mass is 10.1. The van der Waals surface area contributed by atoms with Crippen LogP contribution in [0.4, 0.5) is 0 Å². The van der Waals surface area contributed by atoms with Crippen molar-refractivity contribution < 1.29 is 19.5 Å². The van der Waals surface area contributed by atoms with E-state index in [2.05, 4.69) is 0 Å². The number of hydrogen-bond donors (Lipinski definition) is 1. The van der Waals surface area contributed by atoms with Crippen LogP contribution in [0.5, 0.6) is 0 Å². The van der Waals surface area contributed by atoms with E-state index < -0.39 is 5.97 Å². The minimum absolute atomic E-state index is 0.111. The largest absolute Gasteiger partial charge is 0.480 e. The fourth-order valence-corrected chi connectivity index (χ4v) is 4.08. The van der Waals surface area contributed by atoms with Crippen LogP contribution in [-0.4, -0.2) is 64.1 Å². The Labute approximate surface area is 158 Å². The van der Waals surface area contributed by atoms with Crippen LogP contribution in [-0.2, 0) is 14.4 Å². The predicted octanol–water partition coefficient (Wildman–Crippen LogP) is 2.48. The van der Waals surface area contributed by atoms with E-state index in [9.17, 15) is 14.4 Å². The molecule has 7 heteroatoms. The number of aliphatic carboxylic acids is 1. The number of amides is 2. The average molecular weight is 378 g/mol. The predicted molar refractivity (Wildman–Crippen MR) is 101 cm³/mol. The van der Waals surface area contributed by atoms with E-state index in [0.29, 0.717) is 25.9 Å². The molecule has 0 bridgehead atoms. The molecule has 1 atom stereocenters. The second kappa shape index (κ2) is 10.2. The highest BCUT2D eigenvalue weighted by molar-refractivity contribution is 7.99. The lowest BCUT2D eigenvalue weighted by Crippen LogP contribution is -2.43. The van der Waals surface area contributed by atoms with Crippen LogP contribution >= 0.6 is 11.8 Å². The van der Waals surface area contributed by atoms with Crippen LogP contribution in [0.3, 0.4) is 0 Å². The summed E-state index contributed by atoms with van der Waals surface area (Å²) in [5.74, 6) is -0.366. The van der Waals surface area contributed by atoms with Gasteiger partial charge >= 0.3 is 5.97 Å². The van der Waals surface area contributed by atoms with Gasteiger partial charge in [-0.25, -0.2) is 0 Å². The monoisotopic (exact) mass is 378 g/mol. The first-order chi connectivity index (χ1) is 12.5. The zero-order chi connectivity index (χ0) is 18.9. The van der Waals surface area contributed by atoms with Gasteiger partial charge in [0.1, 0.15) is 6.54 Å². The highest BCUT2D eigenvalue weighted by Gasteiger charge is 2.27. The van der Waals surface area contributed by atoms with Crippen molar-refractivity contribution in [3.8, 4) is 0 Å². The molecule has 0 radical (unpaired) electrons. The zero-order valence-corrected chi connectivity index (χ0v) is 15.9. The SMILES string of the molecule is CC(=O)N(CC(=O)O)C1CCCN(C(=O)CCSc2ccccc2)CC1. The fraction of sp³-hybridized carbons (Fsp3) is 0.526. The molecule has 1 aliphatic heterocycles. The molecule has 142 valence electrons. The number of rotatable bonds is 7. The highest BCUT2D eigenvalue weighted by atomic mass is 32.2. The minimum Gasteiger partial charge on any atom is -0.480 e. The number of carboxylic acids is 1. The van der Waals surface area contributed by atoms with Crippen molar-refractivity contribution in [1.82, 2.24) is 9.80 Å². The van der Waals surface area contributed by atoms with Crippen molar-refractivity contribution in [2.24, 2.45) is 0 Å². The number of likely N-dealkylation sites (tertiary alicyclic amines) is 1. The number of carbonyl (C=O) groups is 3. The van der Waals surface area contributed by atoms with E-state index in [4.69, 9.17) is 5.11 Å². The van der Waals surface area contributed by atoms with E-state index >= 15 is 0 Å². The maximum atomic E-state index is 12.5. The fourth-order valence-electron chi connectivity index (χ4n) is 3.21. The molecule has 0 spiro atoms. The molecule has 26 heavy (non-hydrogen) atoms. The molecular formula is C19H26N2O4S. The van der Waals surface area contributed by atoms with E-state index in [1.54, 1.807) is 11.8 Å². The summed E-state index contributed by atoms with van der Waals surface area (Å²) in [5.41, 5.74) is 0. The highest BCUT2D eigenvalue weighted by Crippen LogP contribution is 2.20. The molecule has 1 aromatic carbocycles. The Morgan fingerprint density at radius 3 is 2.58 bits per heavy atom. The van der Waals surface area contributed by atoms with Gasteiger partial charge in [-0.1, -0.05) is 18.2 Å². The molecule has 6 nitrogen and oxygen atoms in total. The number of nitrogens with zero attached hydrogens (tertiary/aromatic N) is 2. The molecule has 1 saturated heterocycles. The second-order valence-corrected chi connectivity index (χ2v) is 7.59. The smallest absolute Gasteiger partial charge is 0.323 e. The first-order valence-corrected chi connectivity index (χ1v) is 9.90. The molecule has 1 aromatic rings. The molecule has 0 aliphatic carbocycles. The third kappa shape index (κ3) is 6.37. The van der Waals surface area contributed by atoms with Gasteiger partial charge < -0.3 is 14.9 Å². The Kier molecular flexibility index (Phi) is 7.97. The van der Waals surface area contributed by atoms with Crippen molar-refractivity contribution in [2.45, 2.75) is 43.5 Å². The Hall–Kier alpha value is -2.02. The number of carboxylic acid groups (broad SMARTS) is 1. The number of hydrogen-bond acceptors (Lipinski definition) is 4. The van der Waals surface area contributed by atoms with Crippen LogP contribution in [0.25, 0.3) is 0 Å². The maximum absolute atomic E-state index is 12.5. The van der Waals surface area contributed by atoms with Crippen LogP contribution in [0.2, 0.25) is 0 Å².